The van der Waals surface area contributed by atoms with Gasteiger partial charge in [-0.25, -0.2) is 0 Å². The minimum absolute atomic E-state index is 0.0171. The number of thiazole rings is 1. The van der Waals surface area contributed by atoms with Crippen LogP contribution in [0.2, 0.25) is 0 Å². The molecule has 2 saturated heterocycles. The Balaban J connectivity index is 1.30. The van der Waals surface area contributed by atoms with E-state index in [0.717, 1.165) is 11.3 Å². The Kier molecular flexibility index (Phi) is 11.1. The number of amides is 2. The molecule has 16 heteroatoms. The van der Waals surface area contributed by atoms with Gasteiger partial charge in [-0.05, 0) is 41.5 Å². The summed E-state index contributed by atoms with van der Waals surface area (Å²) in [5, 5.41) is 20.7. The summed E-state index contributed by atoms with van der Waals surface area (Å²) in [6, 6.07) is 14.2. The van der Waals surface area contributed by atoms with Gasteiger partial charge in [0.2, 0.25) is 0 Å². The third kappa shape index (κ3) is 7.31. The predicted molar refractivity (Wildman–Crippen MR) is 188 cm³/mol. The number of nitrogens with zero attached hydrogens (tertiary/aromatic N) is 5. The number of carbonyl (C=O) groups is 2. The molecule has 2 fully saturated rings. The number of fused-ring (bicyclic) bond motifs is 1. The van der Waals surface area contributed by atoms with Gasteiger partial charge in [-0.2, -0.15) is 10.5 Å². The highest BCUT2D eigenvalue weighted by atomic mass is 32.1. The Morgan fingerprint density at radius 1 is 0.846 bits per heavy atom. The quantitative estimate of drug-likeness (QED) is 0.302. The normalized spacial score (nSPS) is 17.6. The molecule has 2 amide bonds. The van der Waals surface area contributed by atoms with Crippen LogP contribution in [0.5, 0.6) is 23.0 Å². The van der Waals surface area contributed by atoms with Crippen LogP contribution >= 0.6 is 11.3 Å². The van der Waals surface area contributed by atoms with Crippen LogP contribution in [-0.2, 0) is 19.1 Å². The first-order valence-corrected chi connectivity index (χ1v) is 17.2. The van der Waals surface area contributed by atoms with Gasteiger partial charge >= 0.3 is 0 Å². The van der Waals surface area contributed by atoms with Crippen LogP contribution in [0.25, 0.3) is 17.5 Å². The van der Waals surface area contributed by atoms with Gasteiger partial charge in [-0.1, -0.05) is 12.1 Å². The number of morpholine rings is 2. The van der Waals surface area contributed by atoms with Crippen molar-refractivity contribution < 1.29 is 38.0 Å². The van der Waals surface area contributed by atoms with E-state index in [1.165, 1.54) is 18.8 Å². The Bertz CT molecular complexity index is 2170. The van der Waals surface area contributed by atoms with Crippen molar-refractivity contribution in [1.82, 2.24) is 14.4 Å². The van der Waals surface area contributed by atoms with E-state index in [9.17, 15) is 24.9 Å². The molecular weight excluding hydrogens is 692 g/mol. The van der Waals surface area contributed by atoms with Crippen molar-refractivity contribution in [1.29, 1.82) is 10.5 Å². The summed E-state index contributed by atoms with van der Waals surface area (Å²) in [4.78, 5) is 42.3. The van der Waals surface area contributed by atoms with Crippen molar-refractivity contribution in [2.45, 2.75) is 5.92 Å². The van der Waals surface area contributed by atoms with E-state index in [4.69, 9.17) is 34.2 Å². The maximum atomic E-state index is 13.7. The monoisotopic (exact) mass is 728 g/mol. The smallest absolute Gasteiger partial charge is 0.274 e. The minimum atomic E-state index is -0.907. The Hall–Kier alpha value is -5.81. The van der Waals surface area contributed by atoms with Gasteiger partial charge in [-0.3, -0.25) is 19.0 Å². The highest BCUT2D eigenvalue weighted by molar-refractivity contribution is 7.07. The van der Waals surface area contributed by atoms with Gasteiger partial charge in [0, 0.05) is 26.2 Å². The summed E-state index contributed by atoms with van der Waals surface area (Å²) in [5.74, 6) is -0.0541. The molecule has 0 saturated carbocycles. The fraction of sp³-hybridized carbons (Fsp3) is 0.361. The van der Waals surface area contributed by atoms with E-state index < -0.39 is 11.5 Å². The number of hydrogen-bond donors (Lipinski definition) is 1. The molecule has 0 spiro atoms. The highest BCUT2D eigenvalue weighted by Gasteiger charge is 2.33. The first-order chi connectivity index (χ1) is 25.3. The molecule has 2 N–H and O–H groups in total. The maximum Gasteiger partial charge on any atom is 0.274 e. The fourth-order valence-electron chi connectivity index (χ4n) is 6.10. The fourth-order valence-corrected chi connectivity index (χ4v) is 7.23. The number of nitrogens with two attached hydrogens (primary N) is 1. The Morgan fingerprint density at radius 2 is 1.38 bits per heavy atom. The van der Waals surface area contributed by atoms with E-state index in [-0.39, 0.29) is 56.9 Å². The largest absolute Gasteiger partial charge is 0.493 e. The molecule has 0 bridgehead atoms. The van der Waals surface area contributed by atoms with Crippen LogP contribution < -0.4 is 39.4 Å². The van der Waals surface area contributed by atoms with Crippen LogP contribution in [0, 0.1) is 22.7 Å². The summed E-state index contributed by atoms with van der Waals surface area (Å²) in [7, 11) is 2.91. The minimum Gasteiger partial charge on any atom is -0.493 e. The Morgan fingerprint density at radius 3 is 1.92 bits per heavy atom. The molecule has 2 aromatic carbocycles. The van der Waals surface area contributed by atoms with Crippen molar-refractivity contribution in [3.63, 3.8) is 0 Å². The topological polar surface area (TPSA) is 192 Å². The van der Waals surface area contributed by atoms with E-state index >= 15 is 0 Å². The molecule has 3 aliphatic rings. The van der Waals surface area contributed by atoms with Gasteiger partial charge in [0.15, 0.2) is 36.2 Å². The van der Waals surface area contributed by atoms with Gasteiger partial charge in [0.25, 0.3) is 17.4 Å². The lowest BCUT2D eigenvalue weighted by atomic mass is 9.84. The van der Waals surface area contributed by atoms with Crippen molar-refractivity contribution in [2.75, 3.05) is 80.0 Å². The molecule has 0 radical (unpaired) electrons. The van der Waals surface area contributed by atoms with Crippen molar-refractivity contribution in [3.05, 3.63) is 72.6 Å². The third-order valence-corrected chi connectivity index (χ3v) is 9.93. The summed E-state index contributed by atoms with van der Waals surface area (Å²) in [6.45, 7) is 3.50. The third-order valence-electron chi connectivity index (χ3n) is 8.83. The first-order valence-electron chi connectivity index (χ1n) is 16.4. The Labute approximate surface area is 302 Å². The van der Waals surface area contributed by atoms with E-state index in [0.29, 0.717) is 81.0 Å². The summed E-state index contributed by atoms with van der Waals surface area (Å²) in [5.41, 5.74) is 7.25. The van der Waals surface area contributed by atoms with Crippen LogP contribution in [0.15, 0.2) is 46.8 Å². The number of methoxy groups -OCH3 is 2. The van der Waals surface area contributed by atoms with Gasteiger partial charge in [0.1, 0.15) is 10.5 Å². The first kappa shape index (κ1) is 36.0. The van der Waals surface area contributed by atoms with Gasteiger partial charge in [0.05, 0.1) is 74.4 Å². The van der Waals surface area contributed by atoms with Crippen LogP contribution in [0.4, 0.5) is 0 Å². The summed E-state index contributed by atoms with van der Waals surface area (Å²) in [6.07, 6.45) is 1.63. The van der Waals surface area contributed by atoms with E-state index in [2.05, 4.69) is 12.1 Å². The second-order valence-electron chi connectivity index (χ2n) is 11.8. The number of aromatic nitrogens is 1. The average molecular weight is 729 g/mol. The molecule has 15 nitrogen and oxygen atoms in total. The summed E-state index contributed by atoms with van der Waals surface area (Å²) < 4.78 is 35.0. The number of hydrogen-bond acceptors (Lipinski definition) is 13. The number of carbonyl (C=O) groups excluding carboxylic acids is 2. The molecule has 1 aromatic heterocycles. The molecular formula is C36H36N6O9S. The number of allylic oxidation sites excluding steroid dienone is 1. The number of nitriles is 2. The average Bonchev–Trinajstić information content (AvgIpc) is 3.51. The van der Waals surface area contributed by atoms with Crippen LogP contribution in [0.1, 0.15) is 17.0 Å². The lowest BCUT2D eigenvalue weighted by molar-refractivity contribution is -0.138. The SMILES string of the molecule is COc1cc(/C=c2\sc3n(c2=O)C(N)=C(C#N)[C@@H](c2ccc(OCC(=O)N4CCOCC4)c(OC)c2)C=3C#N)ccc1OCC(=O)N1CCOCC1. The second-order valence-corrected chi connectivity index (χ2v) is 12.8. The van der Waals surface area contributed by atoms with Crippen LogP contribution in [-0.4, -0.2) is 106 Å². The highest BCUT2D eigenvalue weighted by Crippen LogP contribution is 2.39. The van der Waals surface area contributed by atoms with E-state index in [1.54, 1.807) is 52.3 Å². The molecule has 1 atom stereocenters. The van der Waals surface area contributed by atoms with Crippen molar-refractivity contribution in [2.24, 2.45) is 5.73 Å². The molecule has 52 heavy (non-hydrogen) atoms. The standard InChI is InChI=1S/C36H36N6O9S/c1-46-28-15-22(3-5-26(28)50-20-31(43)40-7-11-48-12-8-40)16-30-35(45)42-34(39)24(18-37)33(25(19-38)36(42)52-30)23-4-6-27(29(17-23)47-2)51-21-32(44)41-9-13-49-14-10-41/h3-6,15-17,33H,7-14,20-21,39H2,1-2H3/b30-16-/t33-/m1/s1. The zero-order chi connectivity index (χ0) is 36.8. The van der Waals surface area contributed by atoms with Gasteiger partial charge in [-0.15, -0.1) is 11.3 Å². The number of ether oxygens (including phenoxy) is 6. The number of rotatable bonds is 10. The van der Waals surface area contributed by atoms with Crippen molar-refractivity contribution >= 4 is 40.6 Å². The maximum absolute atomic E-state index is 13.7. The molecule has 3 aliphatic heterocycles. The van der Waals surface area contributed by atoms with Gasteiger partial charge < -0.3 is 44.0 Å². The van der Waals surface area contributed by atoms with Crippen LogP contribution in [0.3, 0.4) is 0 Å². The zero-order valence-corrected chi connectivity index (χ0v) is 29.4. The molecule has 3 aromatic rings. The number of benzene rings is 2. The molecule has 0 aliphatic carbocycles. The second kappa shape index (κ2) is 16.0. The predicted octanol–water partition coefficient (Wildman–Crippen LogP) is 0.354. The zero-order valence-electron chi connectivity index (χ0n) is 28.6. The summed E-state index contributed by atoms with van der Waals surface area (Å²) >= 11 is 1.06. The molecule has 6 rings (SSSR count). The lowest BCUT2D eigenvalue weighted by Crippen LogP contribution is -2.43. The molecule has 0 unspecified atom stereocenters. The van der Waals surface area contributed by atoms with E-state index in [1.807, 2.05) is 0 Å². The molecule has 4 heterocycles. The lowest BCUT2D eigenvalue weighted by Gasteiger charge is -2.27. The molecule has 270 valence electrons. The van der Waals surface area contributed by atoms with Crippen molar-refractivity contribution in [3.8, 4) is 35.1 Å².